The van der Waals surface area contributed by atoms with E-state index in [2.05, 4.69) is 18.8 Å². The van der Waals surface area contributed by atoms with E-state index in [9.17, 15) is 9.59 Å². The number of hydrogen-bond donors (Lipinski definition) is 0. The predicted molar refractivity (Wildman–Crippen MR) is 149 cm³/mol. The van der Waals surface area contributed by atoms with E-state index in [0.717, 1.165) is 11.3 Å². The molecule has 3 aromatic rings. The van der Waals surface area contributed by atoms with Crippen molar-refractivity contribution < 1.29 is 23.7 Å². The minimum atomic E-state index is -0.745. The SMILES string of the molecule is COCCOC(=O)C1=C(C)N=c2sc(=Cc3cccs3)c(=O)n2C1c1ccc(OCCC(C)C)c(OC)c1. The molecule has 0 spiro atoms. The van der Waals surface area contributed by atoms with Crippen LogP contribution in [0.25, 0.3) is 6.08 Å². The molecule has 2 aromatic heterocycles. The highest BCUT2D eigenvalue weighted by molar-refractivity contribution is 7.11. The molecule has 0 bridgehead atoms. The monoisotopic (exact) mass is 556 g/mol. The molecule has 3 heterocycles. The highest BCUT2D eigenvalue weighted by Crippen LogP contribution is 2.36. The molecule has 1 aliphatic heterocycles. The second-order valence-corrected chi connectivity index (χ2v) is 11.2. The maximum Gasteiger partial charge on any atom is 0.338 e. The molecular formula is C28H32N2O6S2. The fraction of sp³-hybridized carbons (Fsp3) is 0.393. The van der Waals surface area contributed by atoms with Crippen molar-refractivity contribution in [1.29, 1.82) is 0 Å². The number of methoxy groups -OCH3 is 2. The van der Waals surface area contributed by atoms with Gasteiger partial charge in [-0.1, -0.05) is 37.3 Å². The van der Waals surface area contributed by atoms with Crippen molar-refractivity contribution in [3.8, 4) is 11.5 Å². The number of benzene rings is 1. The van der Waals surface area contributed by atoms with Gasteiger partial charge in [-0.25, -0.2) is 9.79 Å². The molecule has 10 heteroatoms. The van der Waals surface area contributed by atoms with Gasteiger partial charge in [0.05, 0.1) is 42.2 Å². The van der Waals surface area contributed by atoms with Gasteiger partial charge in [0.25, 0.3) is 5.56 Å². The largest absolute Gasteiger partial charge is 0.493 e. The van der Waals surface area contributed by atoms with Crippen LogP contribution < -0.4 is 24.4 Å². The van der Waals surface area contributed by atoms with Crippen LogP contribution in [0.3, 0.4) is 0 Å². The zero-order chi connectivity index (χ0) is 27.2. The average molecular weight is 557 g/mol. The first-order chi connectivity index (χ1) is 18.3. The van der Waals surface area contributed by atoms with Crippen LogP contribution >= 0.6 is 22.7 Å². The van der Waals surface area contributed by atoms with Crippen molar-refractivity contribution in [2.75, 3.05) is 34.0 Å². The third-order valence-corrected chi connectivity index (χ3v) is 7.84. The fourth-order valence-corrected chi connectivity index (χ4v) is 5.84. The van der Waals surface area contributed by atoms with Crippen LogP contribution in [0.4, 0.5) is 0 Å². The number of allylic oxidation sites excluding steroid dienone is 1. The van der Waals surface area contributed by atoms with Crippen LogP contribution in [-0.2, 0) is 14.3 Å². The Balaban J connectivity index is 1.83. The van der Waals surface area contributed by atoms with Gasteiger partial charge in [0.15, 0.2) is 16.3 Å². The van der Waals surface area contributed by atoms with Gasteiger partial charge in [-0.15, -0.1) is 11.3 Å². The molecule has 1 aliphatic rings. The van der Waals surface area contributed by atoms with Crippen molar-refractivity contribution in [1.82, 2.24) is 4.57 Å². The summed E-state index contributed by atoms with van der Waals surface area (Å²) in [5.74, 6) is 1.09. The topological polar surface area (TPSA) is 88.4 Å². The Bertz CT molecular complexity index is 1480. The average Bonchev–Trinajstić information content (AvgIpc) is 3.51. The van der Waals surface area contributed by atoms with E-state index in [1.165, 1.54) is 18.4 Å². The number of rotatable bonds is 11. The summed E-state index contributed by atoms with van der Waals surface area (Å²) in [5.41, 5.74) is 1.26. The molecule has 4 rings (SSSR count). The van der Waals surface area contributed by atoms with Gasteiger partial charge in [-0.05, 0) is 54.5 Å². The minimum Gasteiger partial charge on any atom is -0.493 e. The van der Waals surface area contributed by atoms with E-state index in [0.29, 0.717) is 50.2 Å². The van der Waals surface area contributed by atoms with Crippen LogP contribution in [0.1, 0.15) is 43.7 Å². The zero-order valence-electron chi connectivity index (χ0n) is 22.2. The molecule has 1 aromatic carbocycles. The molecule has 0 radical (unpaired) electrons. The highest BCUT2D eigenvalue weighted by atomic mass is 32.1. The lowest BCUT2D eigenvalue weighted by Crippen LogP contribution is -2.40. The molecule has 202 valence electrons. The number of hydrogen-bond acceptors (Lipinski definition) is 9. The number of carbonyl (C=O) groups is 1. The van der Waals surface area contributed by atoms with Crippen LogP contribution in [0.5, 0.6) is 11.5 Å². The molecule has 0 saturated heterocycles. The summed E-state index contributed by atoms with van der Waals surface area (Å²) in [7, 11) is 3.11. The molecule has 38 heavy (non-hydrogen) atoms. The Labute approximate surface area is 229 Å². The van der Waals surface area contributed by atoms with Gasteiger partial charge in [-0.2, -0.15) is 0 Å². The second-order valence-electron chi connectivity index (χ2n) is 9.17. The van der Waals surface area contributed by atoms with Gasteiger partial charge in [0, 0.05) is 12.0 Å². The minimum absolute atomic E-state index is 0.0909. The molecule has 1 unspecified atom stereocenters. The number of nitrogens with zero attached hydrogens (tertiary/aromatic N) is 2. The summed E-state index contributed by atoms with van der Waals surface area (Å²) in [6.07, 6.45) is 2.76. The van der Waals surface area contributed by atoms with Gasteiger partial charge >= 0.3 is 5.97 Å². The first-order valence-electron chi connectivity index (χ1n) is 12.4. The van der Waals surface area contributed by atoms with Crippen molar-refractivity contribution in [3.05, 3.63) is 77.1 Å². The lowest BCUT2D eigenvalue weighted by molar-refractivity contribution is -0.140. The maximum absolute atomic E-state index is 13.7. The lowest BCUT2D eigenvalue weighted by Gasteiger charge is -2.25. The highest BCUT2D eigenvalue weighted by Gasteiger charge is 2.34. The molecule has 8 nitrogen and oxygen atoms in total. The number of carbonyl (C=O) groups excluding carboxylic acids is 1. The van der Waals surface area contributed by atoms with Crippen LogP contribution in [0.15, 0.2) is 56.8 Å². The summed E-state index contributed by atoms with van der Waals surface area (Å²) in [4.78, 5) is 33.1. The predicted octanol–water partition coefficient (Wildman–Crippen LogP) is 3.92. The van der Waals surface area contributed by atoms with E-state index in [4.69, 9.17) is 18.9 Å². The molecule has 1 atom stereocenters. The number of fused-ring (bicyclic) bond motifs is 1. The Morgan fingerprint density at radius 3 is 2.66 bits per heavy atom. The van der Waals surface area contributed by atoms with Crippen LogP contribution in [0, 0.1) is 5.92 Å². The second kappa shape index (κ2) is 12.6. The number of thiazole rings is 1. The van der Waals surface area contributed by atoms with Gasteiger partial charge in [0.2, 0.25) is 0 Å². The molecule has 0 N–H and O–H groups in total. The number of ether oxygens (including phenoxy) is 4. The summed E-state index contributed by atoms with van der Waals surface area (Å²) in [6.45, 7) is 6.95. The normalized spacial score (nSPS) is 15.4. The third kappa shape index (κ3) is 6.09. The van der Waals surface area contributed by atoms with E-state index >= 15 is 0 Å². The van der Waals surface area contributed by atoms with Crippen molar-refractivity contribution in [2.45, 2.75) is 33.2 Å². The summed E-state index contributed by atoms with van der Waals surface area (Å²) >= 11 is 2.84. The van der Waals surface area contributed by atoms with Gasteiger partial charge in [0.1, 0.15) is 6.61 Å². The third-order valence-electron chi connectivity index (χ3n) is 6.03. The van der Waals surface area contributed by atoms with Crippen LogP contribution in [-0.4, -0.2) is 44.6 Å². The van der Waals surface area contributed by atoms with Gasteiger partial charge < -0.3 is 18.9 Å². The fourth-order valence-electron chi connectivity index (χ4n) is 4.07. The molecular weight excluding hydrogens is 524 g/mol. The standard InChI is InChI=1S/C28H32N2O6S2/c1-17(2)10-11-35-21-9-8-19(15-22(21)34-5)25-24(27(32)36-13-12-33-4)18(3)29-28-30(25)26(31)23(38-28)16-20-7-6-14-37-20/h6-9,14-17,25H,10-13H2,1-5H3. The van der Waals surface area contributed by atoms with E-state index in [1.54, 1.807) is 29.9 Å². The first kappa shape index (κ1) is 27.8. The molecule has 0 amide bonds. The summed E-state index contributed by atoms with van der Waals surface area (Å²) in [5, 5.41) is 1.96. The lowest BCUT2D eigenvalue weighted by atomic mass is 9.95. The maximum atomic E-state index is 13.7. The first-order valence-corrected chi connectivity index (χ1v) is 14.1. The van der Waals surface area contributed by atoms with Crippen LogP contribution in [0.2, 0.25) is 0 Å². The molecule has 0 saturated carbocycles. The van der Waals surface area contributed by atoms with E-state index in [1.807, 2.05) is 41.8 Å². The van der Waals surface area contributed by atoms with Gasteiger partial charge in [-0.3, -0.25) is 9.36 Å². The smallest absolute Gasteiger partial charge is 0.338 e. The van der Waals surface area contributed by atoms with Crippen molar-refractivity contribution >= 4 is 34.7 Å². The molecule has 0 fully saturated rings. The summed E-state index contributed by atoms with van der Waals surface area (Å²) in [6, 6.07) is 8.63. The number of esters is 1. The zero-order valence-corrected chi connectivity index (χ0v) is 23.8. The summed E-state index contributed by atoms with van der Waals surface area (Å²) < 4.78 is 24.2. The Hall–Kier alpha value is -3.21. The van der Waals surface area contributed by atoms with Crippen molar-refractivity contribution in [3.63, 3.8) is 0 Å². The Kier molecular flexibility index (Phi) is 9.19. The molecule has 0 aliphatic carbocycles. The van der Waals surface area contributed by atoms with E-state index < -0.39 is 12.0 Å². The number of aromatic nitrogens is 1. The Morgan fingerprint density at radius 2 is 1.97 bits per heavy atom. The Morgan fingerprint density at radius 1 is 1.16 bits per heavy atom. The van der Waals surface area contributed by atoms with Crippen molar-refractivity contribution in [2.24, 2.45) is 10.9 Å². The number of thiophene rings is 1. The van der Waals surface area contributed by atoms with E-state index in [-0.39, 0.29) is 18.8 Å². The quantitative estimate of drug-likeness (QED) is 0.263.